The van der Waals surface area contributed by atoms with Crippen LogP contribution in [-0.4, -0.2) is 37.2 Å². The molecule has 1 aliphatic heterocycles. The van der Waals surface area contributed by atoms with Gasteiger partial charge in [0.25, 0.3) is 0 Å². The van der Waals surface area contributed by atoms with E-state index in [4.69, 9.17) is 0 Å². The standard InChI is InChI=1S/C33H28N6S/c1-33(2,3)22-17-23(38-21-37(4)31-32(38)36-16-15-35-31)19-25(18-22)40-24-12-13-27-26-9-5-6-10-28(26)39(29(27)20-24)30-11-7-8-14-34-30/h5-20H,1-4H3/q+2. The van der Waals surface area contributed by atoms with Gasteiger partial charge in [0.1, 0.15) is 12.9 Å². The Morgan fingerprint density at radius 1 is 0.725 bits per heavy atom. The van der Waals surface area contributed by atoms with E-state index >= 15 is 0 Å². The van der Waals surface area contributed by atoms with Gasteiger partial charge in [0.15, 0.2) is 11.9 Å². The fraction of sp³-hybridized carbons (Fsp3) is 0.152. The topological polar surface area (TPSA) is 49.6 Å². The number of fused-ring (bicyclic) bond motifs is 4. The average Bonchev–Trinajstić information content (AvgIpc) is 3.47. The van der Waals surface area contributed by atoms with Gasteiger partial charge in [-0.2, -0.15) is 4.98 Å². The second-order valence-electron chi connectivity index (χ2n) is 11.0. The molecule has 0 spiro atoms. The fourth-order valence-electron chi connectivity index (χ4n) is 5.23. The Morgan fingerprint density at radius 3 is 2.30 bits per heavy atom. The summed E-state index contributed by atoms with van der Waals surface area (Å²) >= 11 is 1.76. The van der Waals surface area contributed by atoms with E-state index in [2.05, 4.69) is 113 Å². The summed E-state index contributed by atoms with van der Waals surface area (Å²) in [6.45, 7) is 6.74. The van der Waals surface area contributed by atoms with Crippen molar-refractivity contribution in [3.05, 3.63) is 103 Å². The SMILES string of the molecule is C[N+]1=C=[N+](c2cc(Sc3ccc4c5ccccc5n(-c5ccccn5)c4c3)cc(C(C)(C)C)c2)c2nccnc21. The highest BCUT2D eigenvalue weighted by molar-refractivity contribution is 7.99. The minimum atomic E-state index is -0.0303. The monoisotopic (exact) mass is 540 g/mol. The molecule has 1 aliphatic rings. The molecule has 0 radical (unpaired) electrons. The summed E-state index contributed by atoms with van der Waals surface area (Å²) in [7, 11) is 1.95. The Hall–Kier alpha value is -4.58. The van der Waals surface area contributed by atoms with Crippen LogP contribution >= 0.6 is 11.8 Å². The van der Waals surface area contributed by atoms with Gasteiger partial charge in [-0.3, -0.25) is 4.57 Å². The maximum Gasteiger partial charge on any atom is 0.474 e. The van der Waals surface area contributed by atoms with Gasteiger partial charge in [-0.25, -0.2) is 4.98 Å². The lowest BCUT2D eigenvalue weighted by molar-refractivity contribution is -0.398. The van der Waals surface area contributed by atoms with Crippen LogP contribution in [0.3, 0.4) is 0 Å². The van der Waals surface area contributed by atoms with Gasteiger partial charge in [-0.1, -0.05) is 67.4 Å². The third-order valence-electron chi connectivity index (χ3n) is 7.21. The lowest BCUT2D eigenvalue weighted by atomic mass is 9.87. The molecule has 40 heavy (non-hydrogen) atoms. The van der Waals surface area contributed by atoms with E-state index in [9.17, 15) is 0 Å². The van der Waals surface area contributed by atoms with E-state index in [-0.39, 0.29) is 5.41 Å². The van der Waals surface area contributed by atoms with Gasteiger partial charge in [0.05, 0.1) is 17.2 Å². The number of rotatable bonds is 4. The van der Waals surface area contributed by atoms with E-state index in [1.165, 1.54) is 16.3 Å². The molecule has 6 aromatic rings. The van der Waals surface area contributed by atoms with Crippen LogP contribution in [0.15, 0.2) is 107 Å². The second-order valence-corrected chi connectivity index (χ2v) is 12.1. The van der Waals surface area contributed by atoms with Crippen molar-refractivity contribution in [1.29, 1.82) is 0 Å². The lowest BCUT2D eigenvalue weighted by Crippen LogP contribution is -2.12. The van der Waals surface area contributed by atoms with E-state index in [0.29, 0.717) is 0 Å². The number of aromatic nitrogens is 4. The molecule has 0 bridgehead atoms. The van der Waals surface area contributed by atoms with E-state index in [0.717, 1.165) is 44.0 Å². The van der Waals surface area contributed by atoms with Crippen molar-refractivity contribution in [2.75, 3.05) is 7.05 Å². The largest absolute Gasteiger partial charge is 0.474 e. The number of para-hydroxylation sites is 1. The molecule has 3 aromatic carbocycles. The van der Waals surface area contributed by atoms with Crippen LogP contribution in [0.2, 0.25) is 0 Å². The second kappa shape index (κ2) is 9.26. The molecular weight excluding hydrogens is 512 g/mol. The molecule has 0 aliphatic carbocycles. The quantitative estimate of drug-likeness (QED) is 0.215. The van der Waals surface area contributed by atoms with Gasteiger partial charge < -0.3 is 0 Å². The van der Waals surface area contributed by atoms with Crippen molar-refractivity contribution < 1.29 is 4.58 Å². The lowest BCUT2D eigenvalue weighted by Gasteiger charge is -2.20. The Bertz CT molecular complexity index is 2010. The summed E-state index contributed by atoms with van der Waals surface area (Å²) in [6, 6.07) is 31.4. The maximum absolute atomic E-state index is 4.68. The molecule has 0 amide bonds. The number of nitrogens with zero attached hydrogens (tertiary/aromatic N) is 6. The third kappa shape index (κ3) is 4.11. The Balaban J connectivity index is 1.37. The maximum atomic E-state index is 4.68. The molecule has 0 unspecified atom stereocenters. The molecule has 7 rings (SSSR count). The number of pyridine rings is 1. The molecular formula is C33H28N6S+2. The Morgan fingerprint density at radius 2 is 1.50 bits per heavy atom. The van der Waals surface area contributed by atoms with Crippen molar-refractivity contribution in [2.45, 2.75) is 36.0 Å². The van der Waals surface area contributed by atoms with Crippen LogP contribution in [-0.2, 0) is 5.41 Å². The fourth-order valence-corrected chi connectivity index (χ4v) is 6.17. The number of hydrogen-bond acceptors (Lipinski definition) is 4. The molecule has 3 aromatic heterocycles. The first-order valence-electron chi connectivity index (χ1n) is 13.3. The minimum Gasteiger partial charge on any atom is -0.294 e. The first-order valence-corrected chi connectivity index (χ1v) is 14.1. The number of benzene rings is 3. The van der Waals surface area contributed by atoms with Crippen molar-refractivity contribution >= 4 is 56.9 Å². The Labute approximate surface area is 237 Å². The summed E-state index contributed by atoms with van der Waals surface area (Å²) in [4.78, 5) is 16.1. The summed E-state index contributed by atoms with van der Waals surface area (Å²) in [5.41, 5.74) is 4.53. The predicted molar refractivity (Wildman–Crippen MR) is 162 cm³/mol. The average molecular weight is 541 g/mol. The van der Waals surface area contributed by atoms with Crippen molar-refractivity contribution in [2.24, 2.45) is 0 Å². The summed E-state index contributed by atoms with van der Waals surface area (Å²) in [5, 5.41) is 2.44. The normalized spacial score (nSPS) is 13.0. The highest BCUT2D eigenvalue weighted by atomic mass is 32.2. The zero-order valence-electron chi connectivity index (χ0n) is 22.8. The zero-order chi connectivity index (χ0) is 27.4. The molecule has 0 atom stereocenters. The van der Waals surface area contributed by atoms with Crippen LogP contribution in [0, 0.1) is 0 Å². The summed E-state index contributed by atoms with van der Waals surface area (Å²) in [5.74, 6) is 2.50. The smallest absolute Gasteiger partial charge is 0.294 e. The highest BCUT2D eigenvalue weighted by Crippen LogP contribution is 2.40. The van der Waals surface area contributed by atoms with Crippen LogP contribution in [0.4, 0.5) is 17.3 Å². The van der Waals surface area contributed by atoms with Crippen LogP contribution in [0.5, 0.6) is 0 Å². The molecule has 194 valence electrons. The van der Waals surface area contributed by atoms with Gasteiger partial charge in [-0.05, 0) is 53.4 Å². The molecule has 6 nitrogen and oxygen atoms in total. The Kier molecular flexibility index (Phi) is 5.66. The summed E-state index contributed by atoms with van der Waals surface area (Å²) < 4.78 is 6.15. The van der Waals surface area contributed by atoms with Gasteiger partial charge in [-0.15, -0.1) is 4.58 Å². The molecule has 0 saturated carbocycles. The van der Waals surface area contributed by atoms with Crippen molar-refractivity contribution in [1.82, 2.24) is 24.1 Å². The van der Waals surface area contributed by atoms with E-state index in [1.807, 2.05) is 34.5 Å². The van der Waals surface area contributed by atoms with E-state index < -0.39 is 0 Å². The van der Waals surface area contributed by atoms with Gasteiger partial charge >= 0.3 is 17.6 Å². The molecule has 4 heterocycles. The predicted octanol–water partition coefficient (Wildman–Crippen LogP) is 7.71. The summed E-state index contributed by atoms with van der Waals surface area (Å²) in [6.07, 6.45) is 5.29. The molecule has 0 fully saturated rings. The minimum absolute atomic E-state index is 0.0303. The first kappa shape index (κ1) is 24.5. The van der Waals surface area contributed by atoms with E-state index in [1.54, 1.807) is 24.2 Å². The van der Waals surface area contributed by atoms with Crippen LogP contribution in [0.25, 0.3) is 27.6 Å². The molecule has 0 N–H and O–H groups in total. The number of hydrogen-bond donors (Lipinski definition) is 0. The van der Waals surface area contributed by atoms with Crippen molar-refractivity contribution in [3.63, 3.8) is 0 Å². The van der Waals surface area contributed by atoms with Gasteiger partial charge in [0.2, 0.25) is 0 Å². The van der Waals surface area contributed by atoms with Crippen LogP contribution in [0.1, 0.15) is 26.3 Å². The van der Waals surface area contributed by atoms with Crippen molar-refractivity contribution in [3.8, 4) is 5.82 Å². The van der Waals surface area contributed by atoms with Crippen LogP contribution < -0.4 is 4.58 Å². The zero-order valence-corrected chi connectivity index (χ0v) is 23.6. The van der Waals surface area contributed by atoms with Gasteiger partial charge in [0, 0.05) is 37.8 Å². The third-order valence-corrected chi connectivity index (χ3v) is 8.18. The molecule has 0 saturated heterocycles. The first-order chi connectivity index (χ1) is 19.4. The molecule has 7 heteroatoms. The highest BCUT2D eigenvalue weighted by Gasteiger charge is 2.35.